The number of carbonyl (C=O) groups excluding carboxylic acids is 1. The average Bonchev–Trinajstić information content (AvgIpc) is 3.07. The Morgan fingerprint density at radius 1 is 1.33 bits per heavy atom. The summed E-state index contributed by atoms with van der Waals surface area (Å²) in [6.07, 6.45) is 0.491. The Morgan fingerprint density at radius 2 is 2.07 bits per heavy atom. The van der Waals surface area contributed by atoms with Gasteiger partial charge in [-0.2, -0.15) is 0 Å². The number of hydrogen-bond donors (Lipinski definition) is 3. The highest BCUT2D eigenvalue weighted by Crippen LogP contribution is 2.25. The van der Waals surface area contributed by atoms with Gasteiger partial charge >= 0.3 is 0 Å². The van der Waals surface area contributed by atoms with E-state index in [-0.39, 0.29) is 23.9 Å². The highest BCUT2D eigenvalue weighted by molar-refractivity contribution is 6.30. The van der Waals surface area contributed by atoms with Crippen LogP contribution < -0.4 is 15.8 Å². The van der Waals surface area contributed by atoms with Crippen LogP contribution in [0.2, 0.25) is 5.02 Å². The Morgan fingerprint density at radius 3 is 2.74 bits per heavy atom. The van der Waals surface area contributed by atoms with Gasteiger partial charge in [-0.1, -0.05) is 30.7 Å². The minimum absolute atomic E-state index is 0.00211. The summed E-state index contributed by atoms with van der Waals surface area (Å²) in [7, 11) is 0. The van der Waals surface area contributed by atoms with Gasteiger partial charge in [0.05, 0.1) is 6.04 Å². The van der Waals surface area contributed by atoms with Crippen LogP contribution in [-0.2, 0) is 4.79 Å². The molecule has 27 heavy (non-hydrogen) atoms. The zero-order valence-corrected chi connectivity index (χ0v) is 15.9. The number of halogens is 1. The molecule has 1 aliphatic rings. The Labute approximate surface area is 163 Å². The number of nitrogens with zero attached hydrogens (tertiary/aromatic N) is 1. The molecular formula is C20H23ClN4O2. The Hall–Kier alpha value is -2.57. The fraction of sp³-hybridized carbons (Fsp3) is 0.300. The fourth-order valence-electron chi connectivity index (χ4n) is 3.26. The summed E-state index contributed by atoms with van der Waals surface area (Å²) in [4.78, 5) is 14.8. The third kappa shape index (κ3) is 4.78. The van der Waals surface area contributed by atoms with Gasteiger partial charge in [-0.05, 0) is 42.9 Å². The second-order valence-electron chi connectivity index (χ2n) is 6.52. The number of anilines is 1. The van der Waals surface area contributed by atoms with Gasteiger partial charge in [0, 0.05) is 29.2 Å². The maximum atomic E-state index is 12.7. The van der Waals surface area contributed by atoms with Crippen LogP contribution in [-0.4, -0.2) is 41.9 Å². The van der Waals surface area contributed by atoms with Crippen molar-refractivity contribution in [1.29, 1.82) is 5.41 Å². The molecule has 2 unspecified atom stereocenters. The quantitative estimate of drug-likeness (QED) is 0.525. The van der Waals surface area contributed by atoms with Crippen molar-refractivity contribution in [2.45, 2.75) is 25.5 Å². The van der Waals surface area contributed by atoms with E-state index in [2.05, 4.69) is 10.2 Å². The number of nitrogen functional groups attached to an aromatic ring is 1. The number of ether oxygens (including phenoxy) is 1. The number of rotatable bonds is 6. The van der Waals surface area contributed by atoms with Crippen LogP contribution in [0.1, 0.15) is 18.9 Å². The standard InChI is InChI=1S/C20H23ClN4O2/c1-2-25-12-17(27-16-5-3-4-13(10-16)19(22)23)11-18(25)20(26)24-15-8-6-14(21)7-9-15/h3-10,17-18H,2,11-12H2,1H3,(H3,22,23)(H,24,26). The molecule has 7 heteroatoms. The summed E-state index contributed by atoms with van der Waals surface area (Å²) >= 11 is 5.89. The summed E-state index contributed by atoms with van der Waals surface area (Å²) in [5.74, 6) is 0.604. The van der Waals surface area contributed by atoms with Gasteiger partial charge in [-0.25, -0.2) is 0 Å². The first-order valence-electron chi connectivity index (χ1n) is 8.88. The molecule has 2 atom stereocenters. The molecule has 1 fully saturated rings. The monoisotopic (exact) mass is 386 g/mol. The van der Waals surface area contributed by atoms with Gasteiger partial charge in [0.15, 0.2) is 0 Å². The number of hydrogen-bond acceptors (Lipinski definition) is 4. The molecule has 1 heterocycles. The van der Waals surface area contributed by atoms with Crippen molar-refractivity contribution in [1.82, 2.24) is 4.90 Å². The topological polar surface area (TPSA) is 91.4 Å². The van der Waals surface area contributed by atoms with Crippen molar-refractivity contribution < 1.29 is 9.53 Å². The first-order chi connectivity index (χ1) is 13.0. The number of benzene rings is 2. The molecule has 6 nitrogen and oxygen atoms in total. The number of nitrogens with two attached hydrogens (primary N) is 1. The number of likely N-dealkylation sites (N-methyl/N-ethyl adjacent to an activating group) is 1. The molecule has 0 aliphatic carbocycles. The third-order valence-corrected chi connectivity index (χ3v) is 4.89. The van der Waals surface area contributed by atoms with Crippen molar-refractivity contribution in [3.05, 3.63) is 59.1 Å². The molecule has 4 N–H and O–H groups in total. The zero-order valence-electron chi connectivity index (χ0n) is 15.1. The largest absolute Gasteiger partial charge is 0.489 e. The third-order valence-electron chi connectivity index (χ3n) is 4.63. The molecule has 0 aromatic heterocycles. The van der Waals surface area contributed by atoms with Gasteiger partial charge in [-0.15, -0.1) is 0 Å². The van der Waals surface area contributed by atoms with Gasteiger partial charge in [-0.3, -0.25) is 15.1 Å². The summed E-state index contributed by atoms with van der Waals surface area (Å²) < 4.78 is 6.05. The van der Waals surface area contributed by atoms with E-state index in [9.17, 15) is 4.79 Å². The van der Waals surface area contributed by atoms with Crippen LogP contribution >= 0.6 is 11.6 Å². The first kappa shape index (κ1) is 19.2. The minimum atomic E-state index is -0.258. The molecule has 1 amide bonds. The maximum Gasteiger partial charge on any atom is 0.241 e. The fourth-order valence-corrected chi connectivity index (χ4v) is 3.38. The molecular weight excluding hydrogens is 364 g/mol. The van der Waals surface area contributed by atoms with Gasteiger partial charge in [0.2, 0.25) is 5.91 Å². The molecule has 2 aromatic rings. The van der Waals surface area contributed by atoms with Crippen molar-refractivity contribution in [3.8, 4) is 5.75 Å². The summed E-state index contributed by atoms with van der Waals surface area (Å²) in [6, 6.07) is 14.0. The molecule has 0 bridgehead atoms. The number of likely N-dealkylation sites (tertiary alicyclic amines) is 1. The molecule has 0 spiro atoms. The lowest BCUT2D eigenvalue weighted by atomic mass is 10.1. The SMILES string of the molecule is CCN1CC(Oc2cccc(C(=N)N)c2)CC1C(=O)Nc1ccc(Cl)cc1. The number of amidine groups is 1. The van der Waals surface area contributed by atoms with Crippen LogP contribution in [0.15, 0.2) is 48.5 Å². The molecule has 2 aromatic carbocycles. The second kappa shape index (κ2) is 8.41. The normalized spacial score (nSPS) is 19.6. The van der Waals surface area contributed by atoms with E-state index < -0.39 is 0 Å². The van der Waals surface area contributed by atoms with E-state index >= 15 is 0 Å². The number of carbonyl (C=O) groups is 1. The Kier molecular flexibility index (Phi) is 5.98. The molecule has 1 saturated heterocycles. The highest BCUT2D eigenvalue weighted by Gasteiger charge is 2.37. The maximum absolute atomic E-state index is 12.7. The van der Waals surface area contributed by atoms with Crippen molar-refractivity contribution in [2.75, 3.05) is 18.4 Å². The van der Waals surface area contributed by atoms with Crippen LogP contribution in [0, 0.1) is 5.41 Å². The van der Waals surface area contributed by atoms with E-state index in [0.717, 1.165) is 12.2 Å². The minimum Gasteiger partial charge on any atom is -0.489 e. The first-order valence-corrected chi connectivity index (χ1v) is 9.25. The Bertz CT molecular complexity index is 825. The molecule has 3 rings (SSSR count). The lowest BCUT2D eigenvalue weighted by Crippen LogP contribution is -2.39. The molecule has 142 valence electrons. The van der Waals surface area contributed by atoms with Crippen LogP contribution in [0.25, 0.3) is 0 Å². The summed E-state index contributed by atoms with van der Waals surface area (Å²) in [5, 5.41) is 11.1. The Balaban J connectivity index is 1.65. The van der Waals surface area contributed by atoms with Crippen molar-refractivity contribution >= 4 is 29.0 Å². The lowest BCUT2D eigenvalue weighted by molar-refractivity contribution is -0.120. The molecule has 0 saturated carbocycles. The van der Waals surface area contributed by atoms with Crippen molar-refractivity contribution in [2.24, 2.45) is 5.73 Å². The smallest absolute Gasteiger partial charge is 0.241 e. The molecule has 0 radical (unpaired) electrons. The average molecular weight is 387 g/mol. The van der Waals surface area contributed by atoms with Crippen LogP contribution in [0.5, 0.6) is 5.75 Å². The number of nitrogens with one attached hydrogen (secondary N) is 2. The van der Waals surface area contributed by atoms with E-state index in [4.69, 9.17) is 27.5 Å². The predicted molar refractivity (Wildman–Crippen MR) is 108 cm³/mol. The van der Waals surface area contributed by atoms with E-state index in [1.165, 1.54) is 0 Å². The van der Waals surface area contributed by atoms with E-state index in [0.29, 0.717) is 29.3 Å². The van der Waals surface area contributed by atoms with E-state index in [1.807, 2.05) is 19.1 Å². The van der Waals surface area contributed by atoms with E-state index in [1.54, 1.807) is 36.4 Å². The number of amides is 1. The van der Waals surface area contributed by atoms with Crippen LogP contribution in [0.4, 0.5) is 5.69 Å². The van der Waals surface area contributed by atoms with Crippen molar-refractivity contribution in [3.63, 3.8) is 0 Å². The van der Waals surface area contributed by atoms with Gasteiger partial charge in [0.1, 0.15) is 17.7 Å². The summed E-state index contributed by atoms with van der Waals surface area (Å²) in [5.41, 5.74) is 6.88. The lowest BCUT2D eigenvalue weighted by Gasteiger charge is -2.21. The predicted octanol–water partition coefficient (Wildman–Crippen LogP) is 3.10. The van der Waals surface area contributed by atoms with Crippen LogP contribution in [0.3, 0.4) is 0 Å². The molecule has 1 aliphatic heterocycles. The van der Waals surface area contributed by atoms with Gasteiger partial charge < -0.3 is 15.8 Å². The van der Waals surface area contributed by atoms with Gasteiger partial charge in [0.25, 0.3) is 0 Å². The highest BCUT2D eigenvalue weighted by atomic mass is 35.5. The summed E-state index contributed by atoms with van der Waals surface area (Å²) in [6.45, 7) is 3.45. The second-order valence-corrected chi connectivity index (χ2v) is 6.95. The zero-order chi connectivity index (χ0) is 19.4.